The fourth-order valence-corrected chi connectivity index (χ4v) is 1.99. The van der Waals surface area contributed by atoms with Crippen LogP contribution in [0.2, 0.25) is 0 Å². The molecule has 5 nitrogen and oxygen atoms in total. The number of nitrogens with one attached hydrogen (secondary N) is 1. The van der Waals surface area contributed by atoms with E-state index in [-0.39, 0.29) is 6.04 Å². The van der Waals surface area contributed by atoms with Gasteiger partial charge in [-0.05, 0) is 24.9 Å². The van der Waals surface area contributed by atoms with Crippen molar-refractivity contribution in [1.29, 1.82) is 5.26 Å². The van der Waals surface area contributed by atoms with E-state index in [0.29, 0.717) is 6.54 Å². The van der Waals surface area contributed by atoms with E-state index in [1.165, 1.54) is 38.5 Å². The van der Waals surface area contributed by atoms with E-state index in [4.69, 9.17) is 10.8 Å². The molecule has 0 saturated heterocycles. The van der Waals surface area contributed by atoms with E-state index in [1.54, 1.807) is 0 Å². The Bertz CT molecular complexity index is 278. The summed E-state index contributed by atoms with van der Waals surface area (Å²) in [4.78, 5) is 2.70. The van der Waals surface area contributed by atoms with Gasteiger partial charge in [-0.1, -0.05) is 57.0 Å². The van der Waals surface area contributed by atoms with Crippen LogP contribution in [-0.2, 0) is 0 Å². The molecule has 0 radical (unpaired) electrons. The summed E-state index contributed by atoms with van der Waals surface area (Å²) in [6.45, 7) is 3.47. The zero-order valence-corrected chi connectivity index (χ0v) is 12.1. The molecule has 108 valence electrons. The molecular weight excluding hydrogens is 238 g/mol. The minimum absolute atomic E-state index is 0.0540. The molecule has 19 heavy (non-hydrogen) atoms. The van der Waals surface area contributed by atoms with Gasteiger partial charge in [0.1, 0.15) is 0 Å². The van der Waals surface area contributed by atoms with Gasteiger partial charge in [-0.25, -0.2) is 0 Å². The highest BCUT2D eigenvalue weighted by Crippen LogP contribution is 2.09. The van der Waals surface area contributed by atoms with Crippen LogP contribution in [0, 0.1) is 11.3 Å². The quantitative estimate of drug-likeness (QED) is 0.233. The maximum absolute atomic E-state index is 9.01. The van der Waals surface area contributed by atoms with Gasteiger partial charge in [-0.15, -0.1) is 0 Å². The third-order valence-electron chi connectivity index (χ3n) is 3.14. The second-order valence-corrected chi connectivity index (χ2v) is 4.85. The Morgan fingerprint density at radius 2 is 1.84 bits per heavy atom. The summed E-state index contributed by atoms with van der Waals surface area (Å²) >= 11 is 0. The van der Waals surface area contributed by atoms with Crippen molar-refractivity contribution >= 4 is 0 Å². The number of azide groups is 1. The summed E-state index contributed by atoms with van der Waals surface area (Å²) in [6, 6.07) is 2.24. The first-order valence-electron chi connectivity index (χ1n) is 7.49. The maximum Gasteiger partial charge on any atom is 0.0952 e. The highest BCUT2D eigenvalue weighted by atomic mass is 15.1. The molecule has 1 atom stereocenters. The van der Waals surface area contributed by atoms with Gasteiger partial charge in [0.2, 0.25) is 0 Å². The van der Waals surface area contributed by atoms with Crippen molar-refractivity contribution in [2.24, 2.45) is 5.11 Å². The van der Waals surface area contributed by atoms with Crippen molar-refractivity contribution < 1.29 is 0 Å². The molecule has 0 amide bonds. The fourth-order valence-electron chi connectivity index (χ4n) is 1.99. The van der Waals surface area contributed by atoms with E-state index in [2.05, 4.69) is 28.3 Å². The van der Waals surface area contributed by atoms with Gasteiger partial charge in [0.05, 0.1) is 12.1 Å². The van der Waals surface area contributed by atoms with Crippen molar-refractivity contribution in [3.63, 3.8) is 0 Å². The lowest BCUT2D eigenvalue weighted by atomic mass is 10.1. The van der Waals surface area contributed by atoms with Gasteiger partial charge in [-0.2, -0.15) is 5.26 Å². The molecule has 1 N–H and O–H groups in total. The SMILES string of the molecule is CCCCCCCCCC(C#N)NCCCN=[N+]=[N-]. The first-order valence-corrected chi connectivity index (χ1v) is 7.49. The van der Waals surface area contributed by atoms with Crippen LogP contribution in [0.25, 0.3) is 10.4 Å². The molecular formula is C14H27N5. The predicted octanol–water partition coefficient (Wildman–Crippen LogP) is 4.31. The number of hydrogen-bond acceptors (Lipinski definition) is 3. The third-order valence-corrected chi connectivity index (χ3v) is 3.14. The van der Waals surface area contributed by atoms with Crippen LogP contribution < -0.4 is 5.32 Å². The molecule has 0 saturated carbocycles. The second-order valence-electron chi connectivity index (χ2n) is 4.85. The van der Waals surface area contributed by atoms with Crippen LogP contribution in [0.3, 0.4) is 0 Å². The van der Waals surface area contributed by atoms with E-state index < -0.39 is 0 Å². The molecule has 0 aromatic rings. The highest BCUT2D eigenvalue weighted by molar-refractivity contribution is 4.89. The molecule has 1 unspecified atom stereocenters. The molecule has 0 aliphatic carbocycles. The largest absolute Gasteiger partial charge is 0.302 e. The average molecular weight is 265 g/mol. The van der Waals surface area contributed by atoms with Gasteiger partial charge >= 0.3 is 0 Å². The standard InChI is InChI=1S/C14H27N5/c1-2-3-4-5-6-7-8-10-14(13-15)17-11-9-12-18-19-16/h14,17H,2-12H2,1H3. The molecule has 5 heteroatoms. The van der Waals surface area contributed by atoms with Gasteiger partial charge in [-0.3, -0.25) is 0 Å². The van der Waals surface area contributed by atoms with Crippen LogP contribution in [0.1, 0.15) is 64.7 Å². The highest BCUT2D eigenvalue weighted by Gasteiger charge is 2.05. The van der Waals surface area contributed by atoms with Gasteiger partial charge < -0.3 is 5.32 Å². The first-order chi connectivity index (χ1) is 9.35. The molecule has 0 rings (SSSR count). The lowest BCUT2D eigenvalue weighted by Gasteiger charge is -2.10. The Balaban J connectivity index is 3.39. The molecule has 0 spiro atoms. The summed E-state index contributed by atoms with van der Waals surface area (Å²) in [5.41, 5.74) is 8.13. The zero-order valence-electron chi connectivity index (χ0n) is 12.1. The Morgan fingerprint density at radius 1 is 1.16 bits per heavy atom. The Hall–Kier alpha value is -1.24. The number of rotatable bonds is 13. The Labute approximate surface area is 117 Å². The Morgan fingerprint density at radius 3 is 2.47 bits per heavy atom. The third kappa shape index (κ3) is 13.0. The van der Waals surface area contributed by atoms with E-state index in [1.807, 2.05) is 0 Å². The zero-order chi connectivity index (χ0) is 14.2. The fraction of sp³-hybridized carbons (Fsp3) is 0.929. The average Bonchev–Trinajstić information content (AvgIpc) is 2.44. The van der Waals surface area contributed by atoms with Crippen molar-refractivity contribution in [2.45, 2.75) is 70.8 Å². The molecule has 0 heterocycles. The second kappa shape index (κ2) is 14.8. The summed E-state index contributed by atoms with van der Waals surface area (Å²) in [7, 11) is 0. The van der Waals surface area contributed by atoms with Gasteiger partial charge in [0, 0.05) is 11.5 Å². The minimum Gasteiger partial charge on any atom is -0.302 e. The van der Waals surface area contributed by atoms with Crippen molar-refractivity contribution in [1.82, 2.24) is 5.32 Å². The normalized spacial score (nSPS) is 11.6. The van der Waals surface area contributed by atoms with Crippen molar-refractivity contribution in [3.8, 4) is 6.07 Å². The van der Waals surface area contributed by atoms with Crippen LogP contribution in [0.4, 0.5) is 0 Å². The molecule has 0 fully saturated rings. The van der Waals surface area contributed by atoms with Gasteiger partial charge in [0.15, 0.2) is 0 Å². The van der Waals surface area contributed by atoms with Crippen molar-refractivity contribution in [2.75, 3.05) is 13.1 Å². The van der Waals surface area contributed by atoms with Crippen LogP contribution >= 0.6 is 0 Å². The first kappa shape index (κ1) is 17.8. The summed E-state index contributed by atoms with van der Waals surface area (Å²) in [6.07, 6.45) is 10.6. The smallest absolute Gasteiger partial charge is 0.0952 e. The topological polar surface area (TPSA) is 84.6 Å². The van der Waals surface area contributed by atoms with E-state index >= 15 is 0 Å². The molecule has 0 aromatic heterocycles. The Kier molecular flexibility index (Phi) is 13.9. The van der Waals surface area contributed by atoms with E-state index in [9.17, 15) is 0 Å². The van der Waals surface area contributed by atoms with Crippen LogP contribution in [0.5, 0.6) is 0 Å². The van der Waals surface area contributed by atoms with Crippen LogP contribution in [-0.4, -0.2) is 19.1 Å². The monoisotopic (exact) mass is 265 g/mol. The van der Waals surface area contributed by atoms with E-state index in [0.717, 1.165) is 25.8 Å². The number of unbranched alkanes of at least 4 members (excludes halogenated alkanes) is 6. The number of nitrogens with zero attached hydrogens (tertiary/aromatic N) is 4. The maximum atomic E-state index is 9.01. The summed E-state index contributed by atoms with van der Waals surface area (Å²) in [5.74, 6) is 0. The van der Waals surface area contributed by atoms with Crippen molar-refractivity contribution in [3.05, 3.63) is 10.4 Å². The minimum atomic E-state index is -0.0540. The number of hydrogen-bond donors (Lipinski definition) is 1. The lowest BCUT2D eigenvalue weighted by Crippen LogP contribution is -2.28. The van der Waals surface area contributed by atoms with Crippen LogP contribution in [0.15, 0.2) is 5.11 Å². The summed E-state index contributed by atoms with van der Waals surface area (Å²) < 4.78 is 0. The lowest BCUT2D eigenvalue weighted by molar-refractivity contribution is 0.509. The number of nitriles is 1. The van der Waals surface area contributed by atoms with Gasteiger partial charge in [0.25, 0.3) is 0 Å². The molecule has 0 aliphatic rings. The molecule has 0 aliphatic heterocycles. The summed E-state index contributed by atoms with van der Waals surface area (Å²) in [5, 5.41) is 15.7. The molecule has 0 aromatic carbocycles. The molecule has 0 bridgehead atoms. The predicted molar refractivity (Wildman–Crippen MR) is 78.6 cm³/mol.